The first kappa shape index (κ1) is 54.6. The Morgan fingerprint density at radius 1 is 0.379 bits per heavy atom. The van der Waals surface area contributed by atoms with Gasteiger partial charge in [0, 0.05) is 12.8 Å². The third-order valence-electron chi connectivity index (χ3n) is 9.65. The Kier molecular flexibility index (Phi) is 43.6. The van der Waals surface area contributed by atoms with Crippen molar-refractivity contribution in [3.05, 3.63) is 85.1 Å². The predicted octanol–water partition coefficient (Wildman–Crippen LogP) is 15.3. The van der Waals surface area contributed by atoms with Crippen LogP contribution in [0.25, 0.3) is 0 Å². The van der Waals surface area contributed by atoms with Crippen molar-refractivity contribution in [3.8, 4) is 0 Å². The van der Waals surface area contributed by atoms with Crippen LogP contribution < -0.4 is 0 Å². The Balaban J connectivity index is 4.54. The molecular weight excluding hydrogens is 721 g/mol. The van der Waals surface area contributed by atoms with Crippen molar-refractivity contribution in [1.82, 2.24) is 0 Å². The molecule has 0 aromatic heterocycles. The van der Waals surface area contributed by atoms with E-state index >= 15 is 0 Å². The molecule has 58 heavy (non-hydrogen) atoms. The molecule has 0 N–H and O–H groups in total. The van der Waals surface area contributed by atoms with Crippen LogP contribution in [-0.4, -0.2) is 37.2 Å². The predicted molar refractivity (Wildman–Crippen MR) is 247 cm³/mol. The zero-order valence-electron chi connectivity index (χ0n) is 37.5. The first-order valence-electron chi connectivity index (χ1n) is 23.6. The summed E-state index contributed by atoms with van der Waals surface area (Å²) < 4.78 is 16.6. The Labute approximate surface area is 356 Å². The summed E-state index contributed by atoms with van der Waals surface area (Å²) in [6.07, 6.45) is 58.7. The van der Waals surface area contributed by atoms with Crippen molar-refractivity contribution in [2.24, 2.45) is 0 Å². The molecule has 0 aromatic carbocycles. The number of allylic oxidation sites excluding steroid dienone is 13. The van der Waals surface area contributed by atoms with E-state index in [1.807, 2.05) is 6.08 Å². The summed E-state index contributed by atoms with van der Waals surface area (Å²) in [5.74, 6) is -1.07. The molecule has 1 atom stereocenters. The van der Waals surface area contributed by atoms with Gasteiger partial charge in [-0.3, -0.25) is 14.4 Å². The normalized spacial score (nSPS) is 12.8. The van der Waals surface area contributed by atoms with Crippen LogP contribution in [0.1, 0.15) is 207 Å². The number of rotatable bonds is 41. The summed E-state index contributed by atoms with van der Waals surface area (Å²) in [5.41, 5.74) is 0. The van der Waals surface area contributed by atoms with Crippen molar-refractivity contribution < 1.29 is 28.6 Å². The van der Waals surface area contributed by atoms with Crippen LogP contribution in [0.3, 0.4) is 0 Å². The number of ether oxygens (including phenoxy) is 3. The van der Waals surface area contributed by atoms with E-state index in [2.05, 4.69) is 93.7 Å². The van der Waals surface area contributed by atoms with Gasteiger partial charge in [0.05, 0.1) is 6.42 Å². The molecular formula is C52H86O6. The third kappa shape index (κ3) is 43.7. The number of unbranched alkanes of at least 4 members (excludes halogenated alkanes) is 17. The fourth-order valence-electron chi connectivity index (χ4n) is 6.14. The fraction of sp³-hybridized carbons (Fsp3) is 0.673. The highest BCUT2D eigenvalue weighted by Gasteiger charge is 2.19. The van der Waals surface area contributed by atoms with Crippen molar-refractivity contribution >= 4 is 17.9 Å². The van der Waals surface area contributed by atoms with E-state index in [0.29, 0.717) is 12.8 Å². The van der Waals surface area contributed by atoms with Crippen molar-refractivity contribution in [2.45, 2.75) is 213 Å². The Hall–Kier alpha value is -3.41. The quantitative estimate of drug-likeness (QED) is 0.0265. The van der Waals surface area contributed by atoms with Gasteiger partial charge < -0.3 is 14.2 Å². The number of esters is 3. The van der Waals surface area contributed by atoms with E-state index in [-0.39, 0.29) is 31.6 Å². The zero-order chi connectivity index (χ0) is 42.3. The molecule has 6 heteroatoms. The van der Waals surface area contributed by atoms with Gasteiger partial charge >= 0.3 is 17.9 Å². The van der Waals surface area contributed by atoms with Crippen molar-refractivity contribution in [3.63, 3.8) is 0 Å². The Bertz CT molecular complexity index is 1160. The molecule has 0 fully saturated rings. The van der Waals surface area contributed by atoms with E-state index in [1.165, 1.54) is 64.2 Å². The molecule has 0 aliphatic carbocycles. The second kappa shape index (κ2) is 46.3. The minimum absolute atomic E-state index is 0.111. The van der Waals surface area contributed by atoms with E-state index in [1.54, 1.807) is 6.08 Å². The van der Waals surface area contributed by atoms with Crippen LogP contribution >= 0.6 is 0 Å². The molecule has 1 unspecified atom stereocenters. The smallest absolute Gasteiger partial charge is 0.309 e. The molecule has 6 nitrogen and oxygen atoms in total. The second-order valence-corrected chi connectivity index (χ2v) is 15.3. The van der Waals surface area contributed by atoms with Gasteiger partial charge in [0.1, 0.15) is 13.2 Å². The lowest BCUT2D eigenvalue weighted by Crippen LogP contribution is -2.30. The maximum atomic E-state index is 12.7. The maximum Gasteiger partial charge on any atom is 0.309 e. The molecule has 0 aliphatic heterocycles. The highest BCUT2D eigenvalue weighted by Crippen LogP contribution is 2.14. The van der Waals surface area contributed by atoms with E-state index in [9.17, 15) is 14.4 Å². The minimum atomic E-state index is -0.820. The van der Waals surface area contributed by atoms with Crippen LogP contribution in [0.4, 0.5) is 0 Å². The summed E-state index contributed by atoms with van der Waals surface area (Å²) in [6, 6.07) is 0. The monoisotopic (exact) mass is 807 g/mol. The molecule has 0 aliphatic rings. The van der Waals surface area contributed by atoms with Crippen molar-refractivity contribution in [2.75, 3.05) is 13.2 Å². The van der Waals surface area contributed by atoms with Crippen LogP contribution in [-0.2, 0) is 28.6 Å². The largest absolute Gasteiger partial charge is 0.462 e. The van der Waals surface area contributed by atoms with Gasteiger partial charge in [-0.1, -0.05) is 202 Å². The van der Waals surface area contributed by atoms with Gasteiger partial charge in [0.15, 0.2) is 6.10 Å². The average molecular weight is 807 g/mol. The SMILES string of the molecule is CC/C=C\C/C=C\C/C=C\C/C=C\C/C=C\CC(=O)OCC(COC(=O)CCCCCCCCCCCCCC)OC(=O)CCCCCCC/C=C\C/C=C\CCC. The highest BCUT2D eigenvalue weighted by molar-refractivity contribution is 5.72. The van der Waals surface area contributed by atoms with Gasteiger partial charge in [-0.2, -0.15) is 0 Å². The third-order valence-corrected chi connectivity index (χ3v) is 9.65. The average Bonchev–Trinajstić information content (AvgIpc) is 3.22. The molecule has 0 amide bonds. The first-order valence-corrected chi connectivity index (χ1v) is 23.6. The van der Waals surface area contributed by atoms with Gasteiger partial charge in [0.2, 0.25) is 0 Å². The van der Waals surface area contributed by atoms with E-state index in [4.69, 9.17) is 14.2 Å². The molecule has 0 spiro atoms. The molecule has 0 radical (unpaired) electrons. The van der Waals surface area contributed by atoms with Crippen LogP contribution in [0.15, 0.2) is 85.1 Å². The molecule has 0 bridgehead atoms. The second-order valence-electron chi connectivity index (χ2n) is 15.3. The molecule has 330 valence electrons. The number of carbonyl (C=O) groups is 3. The summed E-state index contributed by atoms with van der Waals surface area (Å²) in [7, 11) is 0. The summed E-state index contributed by atoms with van der Waals surface area (Å²) in [4.78, 5) is 37.7. The van der Waals surface area contributed by atoms with Crippen LogP contribution in [0.2, 0.25) is 0 Å². The van der Waals surface area contributed by atoms with Gasteiger partial charge in [0.25, 0.3) is 0 Å². The van der Waals surface area contributed by atoms with Gasteiger partial charge in [-0.25, -0.2) is 0 Å². The van der Waals surface area contributed by atoms with Gasteiger partial charge in [-0.15, -0.1) is 0 Å². The highest BCUT2D eigenvalue weighted by atomic mass is 16.6. The van der Waals surface area contributed by atoms with Gasteiger partial charge in [-0.05, 0) is 70.6 Å². The topological polar surface area (TPSA) is 78.9 Å². The van der Waals surface area contributed by atoms with E-state index in [0.717, 1.165) is 103 Å². The molecule has 0 heterocycles. The lowest BCUT2D eigenvalue weighted by Gasteiger charge is -2.18. The molecule has 0 saturated carbocycles. The molecule has 0 rings (SSSR count). The van der Waals surface area contributed by atoms with Crippen LogP contribution in [0, 0.1) is 0 Å². The lowest BCUT2D eigenvalue weighted by atomic mass is 10.0. The number of hydrogen-bond acceptors (Lipinski definition) is 6. The lowest BCUT2D eigenvalue weighted by molar-refractivity contribution is -0.166. The Morgan fingerprint density at radius 2 is 0.776 bits per heavy atom. The number of carbonyl (C=O) groups excluding carboxylic acids is 3. The zero-order valence-corrected chi connectivity index (χ0v) is 37.5. The molecule has 0 aromatic rings. The van der Waals surface area contributed by atoms with Crippen LogP contribution in [0.5, 0.6) is 0 Å². The standard InChI is InChI=1S/C52H86O6/c1-4-7-10-13-16-19-22-25-26-28-30-33-36-39-42-45-51(54)57-48-49(47-56-50(53)44-41-38-35-32-29-24-21-18-15-12-9-6-3)58-52(55)46-43-40-37-34-31-27-23-20-17-14-11-8-5-2/h7,10-11,14,16,19-20,23,25-26,30,33,39,42,49H,4-6,8-9,12-13,15,17-18,21-22,24,27-29,31-32,34-38,40-41,43-48H2,1-3H3/b10-7-,14-11-,19-16-,23-20-,26-25-,33-30-,42-39-. The minimum Gasteiger partial charge on any atom is -0.462 e. The molecule has 0 saturated heterocycles. The summed E-state index contributed by atoms with van der Waals surface area (Å²) in [6.45, 7) is 6.34. The Morgan fingerprint density at radius 3 is 1.28 bits per heavy atom. The summed E-state index contributed by atoms with van der Waals surface area (Å²) in [5, 5.41) is 0. The van der Waals surface area contributed by atoms with Crippen molar-refractivity contribution in [1.29, 1.82) is 0 Å². The number of hydrogen-bond donors (Lipinski definition) is 0. The first-order chi connectivity index (χ1) is 28.5. The fourth-order valence-corrected chi connectivity index (χ4v) is 6.14. The summed E-state index contributed by atoms with van der Waals surface area (Å²) >= 11 is 0. The van der Waals surface area contributed by atoms with E-state index < -0.39 is 12.1 Å². The maximum absolute atomic E-state index is 12.7.